The highest BCUT2D eigenvalue weighted by atomic mass is 35.5. The summed E-state index contributed by atoms with van der Waals surface area (Å²) in [7, 11) is 0. The van der Waals surface area contributed by atoms with E-state index in [1.54, 1.807) is 115 Å². The zero-order valence-corrected chi connectivity index (χ0v) is 34.4. The molecule has 0 saturated carbocycles. The molecule has 4 aromatic heterocycles. The van der Waals surface area contributed by atoms with E-state index >= 15 is 0 Å². The van der Waals surface area contributed by atoms with Gasteiger partial charge in [-0.05, 0) is 96.5 Å². The predicted molar refractivity (Wildman–Crippen MR) is 242 cm³/mol. The van der Waals surface area contributed by atoms with Crippen LogP contribution in [0.4, 0.5) is 17.1 Å². The number of aromatic hydroxyl groups is 1. The molecule has 0 fully saturated rings. The van der Waals surface area contributed by atoms with E-state index in [1.807, 2.05) is 24.3 Å². The minimum atomic E-state index is -0.592. The van der Waals surface area contributed by atoms with Gasteiger partial charge in [0, 0.05) is 46.2 Å². The summed E-state index contributed by atoms with van der Waals surface area (Å²) in [6.45, 7) is 0. The lowest BCUT2D eigenvalue weighted by molar-refractivity contribution is 0.0950. The van der Waals surface area contributed by atoms with Crippen LogP contribution in [0.5, 0.6) is 5.75 Å². The molecule has 0 aliphatic carbocycles. The van der Waals surface area contributed by atoms with Crippen LogP contribution in [-0.2, 0) is 0 Å². The van der Waals surface area contributed by atoms with Crippen molar-refractivity contribution in [3.05, 3.63) is 221 Å². The number of aliphatic imine (C=N–C) groups is 1. The van der Waals surface area contributed by atoms with Gasteiger partial charge in [0.25, 0.3) is 17.1 Å². The Kier molecular flexibility index (Phi) is 11.1. The second-order valence-electron chi connectivity index (χ2n) is 14.3. The number of nitrogens with zero attached hydrogens (tertiary/aromatic N) is 6. The van der Waals surface area contributed by atoms with Gasteiger partial charge in [-0.1, -0.05) is 66.7 Å². The maximum atomic E-state index is 13.8. The summed E-state index contributed by atoms with van der Waals surface area (Å²) in [6.07, 6.45) is 4.46. The van der Waals surface area contributed by atoms with E-state index in [-0.39, 0.29) is 51.2 Å². The number of carbonyl (C=O) groups is 6. The number of aromatic nitrogens is 4. The summed E-state index contributed by atoms with van der Waals surface area (Å²) in [5.74, 6) is -2.35. The van der Waals surface area contributed by atoms with Crippen molar-refractivity contribution in [2.75, 3.05) is 9.80 Å². The predicted octanol–water partition coefficient (Wildman–Crippen LogP) is 8.73. The first-order chi connectivity index (χ1) is 31.6. The second kappa shape index (κ2) is 17.4. The molecule has 314 valence electrons. The number of Topliss-reactive ketones (excluding diaryl/α,β-unsaturated/α-hetero) is 3. The van der Waals surface area contributed by atoms with Crippen LogP contribution in [-0.4, -0.2) is 65.2 Å². The van der Waals surface area contributed by atoms with E-state index in [0.717, 1.165) is 5.52 Å². The summed E-state index contributed by atoms with van der Waals surface area (Å²) >= 11 is 5.10. The van der Waals surface area contributed by atoms with Gasteiger partial charge in [0.15, 0.2) is 5.75 Å². The number of carbonyl (C=O) groups excluding carboxylic acids is 6. The van der Waals surface area contributed by atoms with Crippen LogP contribution in [0.15, 0.2) is 187 Å². The van der Waals surface area contributed by atoms with Gasteiger partial charge in [0.1, 0.15) is 39.9 Å². The van der Waals surface area contributed by atoms with Gasteiger partial charge < -0.3 is 10.1 Å². The molecule has 3 aliphatic heterocycles. The Morgan fingerprint density at radius 3 is 1.42 bits per heavy atom. The number of aromatic amines is 1. The largest absolute Gasteiger partial charge is 0.505 e. The Balaban J connectivity index is 0.000000152. The lowest BCUT2D eigenvalue weighted by Gasteiger charge is -2.24. The third-order valence-corrected chi connectivity index (χ3v) is 10.6. The fourth-order valence-electron chi connectivity index (χ4n) is 7.49. The van der Waals surface area contributed by atoms with Crippen molar-refractivity contribution in [1.29, 1.82) is 0 Å². The first-order valence-electron chi connectivity index (χ1n) is 19.8. The van der Waals surface area contributed by atoms with Crippen LogP contribution in [0.25, 0.3) is 10.9 Å². The molecule has 2 amide bonds. The molecule has 7 heterocycles. The number of amides is 2. The zero-order valence-electron chi connectivity index (χ0n) is 33.6. The van der Waals surface area contributed by atoms with E-state index in [0.29, 0.717) is 39.4 Å². The van der Waals surface area contributed by atoms with Crippen LogP contribution < -0.4 is 9.80 Å². The molecular weight excluding hydrogens is 846 g/mol. The average molecular weight is 876 g/mol. The number of nitrogens with one attached hydrogen (secondary N) is 1. The van der Waals surface area contributed by atoms with Crippen molar-refractivity contribution in [2.45, 2.75) is 0 Å². The summed E-state index contributed by atoms with van der Waals surface area (Å²) in [4.78, 5) is 99.4. The number of para-hydroxylation sites is 4. The molecule has 15 heteroatoms. The topological polar surface area (TPSA) is 196 Å². The highest BCUT2D eigenvalue weighted by Gasteiger charge is 2.47. The van der Waals surface area contributed by atoms with Crippen molar-refractivity contribution in [3.63, 3.8) is 0 Å². The third-order valence-electron chi connectivity index (χ3n) is 10.4. The van der Waals surface area contributed by atoms with Crippen molar-refractivity contribution in [1.82, 2.24) is 19.9 Å². The Hall–Kier alpha value is -9.01. The van der Waals surface area contributed by atoms with Crippen molar-refractivity contribution in [3.8, 4) is 5.75 Å². The quantitative estimate of drug-likeness (QED) is 0.127. The van der Waals surface area contributed by atoms with Gasteiger partial charge in [0.05, 0.1) is 17.1 Å². The molecule has 3 aliphatic rings. The molecule has 0 saturated heterocycles. The Morgan fingerprint density at radius 1 is 0.508 bits per heavy atom. The van der Waals surface area contributed by atoms with Gasteiger partial charge in [-0.2, -0.15) is 0 Å². The number of allylic oxidation sites excluding steroid dienone is 2. The number of anilines is 2. The van der Waals surface area contributed by atoms with Gasteiger partial charge in [-0.25, -0.2) is 4.99 Å². The van der Waals surface area contributed by atoms with Crippen LogP contribution in [0.3, 0.4) is 0 Å². The number of halogens is 1. The lowest BCUT2D eigenvalue weighted by Crippen LogP contribution is -2.37. The maximum absolute atomic E-state index is 13.8. The smallest absolute Gasteiger partial charge is 0.281 e. The molecule has 0 radical (unpaired) electrons. The summed E-state index contributed by atoms with van der Waals surface area (Å²) in [5, 5.41) is 10.5. The number of hydrogen-bond donors (Lipinski definition) is 2. The van der Waals surface area contributed by atoms with Gasteiger partial charge in [-0.15, -0.1) is 0 Å². The van der Waals surface area contributed by atoms with E-state index in [1.165, 1.54) is 40.5 Å². The van der Waals surface area contributed by atoms with E-state index in [9.17, 15) is 33.9 Å². The monoisotopic (exact) mass is 875 g/mol. The standard InChI is InChI=1S/C28H16N4O4.C16H10N2O2.C6H4ClNO/c33-25-17-9-1-3-13-21(17)31(27(35)19-11-5-7-15-29-19)23(25)24-26(34)18-10-2-4-14-22(18)32(24)28(36)20-12-6-8-16-30-20;19-15-9-5-1-3-7-11(9)17-13(15)14-16(20)10-6-2-4-8-12(10)18-14;7-6(9)5-3-1-2-4-8-5/h1-16H;1-8,17,19H;1-4H/b24-23+;;. The minimum Gasteiger partial charge on any atom is -0.505 e. The molecule has 0 atom stereocenters. The van der Waals surface area contributed by atoms with Crippen LogP contribution in [0, 0.1) is 0 Å². The number of ketones is 3. The molecule has 65 heavy (non-hydrogen) atoms. The first kappa shape index (κ1) is 41.3. The average Bonchev–Trinajstić information content (AvgIpc) is 4.06. The van der Waals surface area contributed by atoms with Crippen LogP contribution >= 0.6 is 11.6 Å². The van der Waals surface area contributed by atoms with Gasteiger partial charge in [-0.3, -0.25) is 53.5 Å². The number of hydrogen-bond acceptors (Lipinski definition) is 11. The van der Waals surface area contributed by atoms with E-state index in [4.69, 9.17) is 11.6 Å². The number of benzene rings is 4. The molecule has 11 rings (SSSR count). The molecule has 0 spiro atoms. The Labute approximate surface area is 373 Å². The van der Waals surface area contributed by atoms with Crippen molar-refractivity contribution >= 4 is 79.7 Å². The zero-order chi connectivity index (χ0) is 45.2. The maximum Gasteiger partial charge on any atom is 0.281 e. The van der Waals surface area contributed by atoms with Gasteiger partial charge in [0.2, 0.25) is 17.3 Å². The number of rotatable bonds is 4. The molecule has 8 aromatic rings. The number of H-pyrrole nitrogens is 1. The van der Waals surface area contributed by atoms with Crippen LogP contribution in [0.2, 0.25) is 0 Å². The first-order valence-corrected chi connectivity index (χ1v) is 20.2. The van der Waals surface area contributed by atoms with Crippen molar-refractivity contribution in [2.24, 2.45) is 4.99 Å². The van der Waals surface area contributed by atoms with Crippen LogP contribution in [0.1, 0.15) is 68.2 Å². The summed E-state index contributed by atoms with van der Waals surface area (Å²) in [6, 6.07) is 42.4. The highest BCUT2D eigenvalue weighted by molar-refractivity contribution is 6.67. The molecule has 4 aromatic carbocycles. The Bertz CT molecular complexity index is 3200. The minimum absolute atomic E-state index is 0.0699. The molecule has 0 unspecified atom stereocenters. The number of pyridine rings is 3. The SMILES string of the molecule is O=C(Cl)c1ccccn1.O=C1/C(=C2/C(=O)c3ccccc3N2C(=O)c2ccccn2)N(C(=O)c2ccccn2)c2ccccc21.O=C1C(c2[nH]c3ccccc3c2O)=Nc2ccccc21. The van der Waals surface area contributed by atoms with E-state index < -0.39 is 28.6 Å². The number of fused-ring (bicyclic) bond motifs is 4. The van der Waals surface area contributed by atoms with Crippen molar-refractivity contribution < 1.29 is 33.9 Å². The van der Waals surface area contributed by atoms with Gasteiger partial charge >= 0.3 is 0 Å². The molecule has 14 nitrogen and oxygen atoms in total. The normalized spacial score (nSPS) is 14.4. The highest BCUT2D eigenvalue weighted by Crippen LogP contribution is 2.43. The molecule has 2 N–H and O–H groups in total. The Morgan fingerprint density at radius 2 is 0.954 bits per heavy atom. The molecule has 0 bridgehead atoms. The summed E-state index contributed by atoms with van der Waals surface area (Å²) < 4.78 is 0. The second-order valence-corrected chi connectivity index (χ2v) is 14.6. The third kappa shape index (κ3) is 7.55. The fourth-order valence-corrected chi connectivity index (χ4v) is 7.60. The van der Waals surface area contributed by atoms with E-state index in [2.05, 4.69) is 24.9 Å². The molecular formula is C50H30ClN7O7. The lowest BCUT2D eigenvalue weighted by atomic mass is 10.1. The fraction of sp³-hybridized carbons (Fsp3) is 0. The summed E-state index contributed by atoms with van der Waals surface area (Å²) in [5.41, 5.74) is 3.84.